The van der Waals surface area contributed by atoms with Crippen molar-refractivity contribution in [2.75, 3.05) is 6.61 Å². The van der Waals surface area contributed by atoms with E-state index in [0.29, 0.717) is 11.3 Å². The molecule has 0 N–H and O–H groups in total. The molecule has 170 valence electrons. The third-order valence-corrected chi connectivity index (χ3v) is 7.46. The lowest BCUT2D eigenvalue weighted by Gasteiger charge is -2.16. The summed E-state index contributed by atoms with van der Waals surface area (Å²) in [6.07, 6.45) is 5.11. The Hall–Kier alpha value is -3.23. The molecule has 1 aromatic carbocycles. The van der Waals surface area contributed by atoms with Crippen LogP contribution in [0, 0.1) is 11.6 Å². The fourth-order valence-electron chi connectivity index (χ4n) is 4.48. The molecule has 33 heavy (non-hydrogen) atoms. The molecule has 0 radical (unpaired) electrons. The van der Waals surface area contributed by atoms with Gasteiger partial charge in [0.2, 0.25) is 5.43 Å². The van der Waals surface area contributed by atoms with Gasteiger partial charge >= 0.3 is 5.97 Å². The van der Waals surface area contributed by atoms with E-state index in [2.05, 4.69) is 10.0 Å². The average Bonchev–Trinajstić information content (AvgIpc) is 3.54. The Balaban J connectivity index is 1.74. The number of fused-ring (bicyclic) bond motifs is 2. The molecule has 0 saturated heterocycles. The second-order valence-electron chi connectivity index (χ2n) is 8.29. The van der Waals surface area contributed by atoms with E-state index in [1.807, 2.05) is 6.07 Å². The van der Waals surface area contributed by atoms with Crippen LogP contribution in [0.15, 0.2) is 28.2 Å². The number of thiophene rings is 1. The molecule has 2 aliphatic carbocycles. The Morgan fingerprint density at radius 1 is 1.33 bits per heavy atom. The molecule has 2 heterocycles. The number of benzene rings is 1. The first-order valence-electron chi connectivity index (χ1n) is 10.9. The minimum Gasteiger partial charge on any atom is -0.462 e. The van der Waals surface area contributed by atoms with Crippen molar-refractivity contribution in [1.82, 2.24) is 4.57 Å². The summed E-state index contributed by atoms with van der Waals surface area (Å²) in [5.74, 6) is -2.44. The molecule has 0 amide bonds. The van der Waals surface area contributed by atoms with Gasteiger partial charge in [-0.3, -0.25) is 4.79 Å². The van der Waals surface area contributed by atoms with Crippen LogP contribution < -0.4 is 5.43 Å². The number of ether oxygens (including phenoxy) is 1. The molecule has 7 nitrogen and oxygen atoms in total. The van der Waals surface area contributed by atoms with Crippen LogP contribution in [0.2, 0.25) is 0 Å². The van der Waals surface area contributed by atoms with Crippen LogP contribution in [0.25, 0.3) is 31.8 Å². The largest absolute Gasteiger partial charge is 0.462 e. The topological polar surface area (TPSA) is 97.1 Å². The van der Waals surface area contributed by atoms with Gasteiger partial charge in [0, 0.05) is 32.5 Å². The standard InChI is InChI=1S/C23H20F2N4O3S/c1-2-32-23(31)14-10-29(12-6-7-12)20-18(21(14)30)15(24)9-13(19(20)25)17-8-11-4-3-5-16(27-28-26)22(11)33-17/h8-10,12,16H,2-7H2,1H3. The SMILES string of the molecule is CCOC(=O)c1cn(C2CC2)c2c(F)c(-c3cc4c(s3)C(N=[N+]=[N-])CCC4)cc(F)c2c1=O. The Labute approximate surface area is 191 Å². The predicted molar refractivity (Wildman–Crippen MR) is 120 cm³/mol. The summed E-state index contributed by atoms with van der Waals surface area (Å²) in [7, 11) is 0. The van der Waals surface area contributed by atoms with E-state index in [1.54, 1.807) is 6.92 Å². The number of rotatable bonds is 5. The minimum atomic E-state index is -0.884. The lowest BCUT2D eigenvalue weighted by molar-refractivity contribution is 0.0524. The van der Waals surface area contributed by atoms with Crippen molar-refractivity contribution >= 4 is 28.2 Å². The number of aryl methyl sites for hydroxylation is 1. The average molecular weight is 471 g/mol. The van der Waals surface area contributed by atoms with Crippen LogP contribution >= 0.6 is 11.3 Å². The van der Waals surface area contributed by atoms with E-state index in [1.165, 1.54) is 22.1 Å². The fraction of sp³-hybridized carbons (Fsp3) is 0.391. The quantitative estimate of drug-likeness (QED) is 0.192. The van der Waals surface area contributed by atoms with E-state index in [4.69, 9.17) is 10.3 Å². The highest BCUT2D eigenvalue weighted by Gasteiger charge is 2.31. The highest BCUT2D eigenvalue weighted by atomic mass is 32.1. The summed E-state index contributed by atoms with van der Waals surface area (Å²) >= 11 is 1.28. The number of carbonyl (C=O) groups excluding carboxylic acids is 1. The second kappa shape index (κ2) is 8.28. The number of hydrogen-bond donors (Lipinski definition) is 0. The van der Waals surface area contributed by atoms with Crippen molar-refractivity contribution < 1.29 is 18.3 Å². The highest BCUT2D eigenvalue weighted by Crippen LogP contribution is 2.45. The summed E-state index contributed by atoms with van der Waals surface area (Å²) in [6.45, 7) is 1.67. The minimum absolute atomic E-state index is 0.0526. The van der Waals surface area contributed by atoms with Gasteiger partial charge in [-0.25, -0.2) is 13.6 Å². The number of nitrogens with zero attached hydrogens (tertiary/aromatic N) is 4. The molecule has 2 aliphatic rings. The summed E-state index contributed by atoms with van der Waals surface area (Å²) < 4.78 is 37.7. The molecular formula is C23H20F2N4O3S. The van der Waals surface area contributed by atoms with Crippen LogP contribution in [0.3, 0.4) is 0 Å². The van der Waals surface area contributed by atoms with Crippen LogP contribution in [0.5, 0.6) is 0 Å². The molecule has 3 aromatic rings. The smallest absolute Gasteiger partial charge is 0.343 e. The molecular weight excluding hydrogens is 450 g/mol. The monoisotopic (exact) mass is 470 g/mol. The molecule has 0 spiro atoms. The molecule has 2 aromatic heterocycles. The van der Waals surface area contributed by atoms with Crippen molar-refractivity contribution in [3.8, 4) is 10.4 Å². The Kier molecular flexibility index (Phi) is 5.42. The Morgan fingerprint density at radius 3 is 2.82 bits per heavy atom. The van der Waals surface area contributed by atoms with Gasteiger partial charge in [0.1, 0.15) is 11.4 Å². The van der Waals surface area contributed by atoms with Crippen LogP contribution in [-0.2, 0) is 11.2 Å². The van der Waals surface area contributed by atoms with Crippen molar-refractivity contribution in [2.24, 2.45) is 5.11 Å². The van der Waals surface area contributed by atoms with E-state index in [9.17, 15) is 9.59 Å². The van der Waals surface area contributed by atoms with Crippen LogP contribution in [0.1, 0.15) is 65.5 Å². The Morgan fingerprint density at radius 2 is 2.12 bits per heavy atom. The van der Waals surface area contributed by atoms with Gasteiger partial charge < -0.3 is 9.30 Å². The molecule has 1 saturated carbocycles. The lowest BCUT2D eigenvalue weighted by atomic mass is 9.95. The van der Waals surface area contributed by atoms with E-state index in [-0.39, 0.29) is 35.3 Å². The molecule has 0 aliphatic heterocycles. The first kappa shape index (κ1) is 21.6. The van der Waals surface area contributed by atoms with Gasteiger partial charge in [-0.2, -0.15) is 0 Å². The molecule has 5 rings (SSSR count). The zero-order valence-electron chi connectivity index (χ0n) is 17.8. The number of hydrogen-bond acceptors (Lipinski definition) is 5. The molecule has 0 bridgehead atoms. The maximum atomic E-state index is 15.9. The number of esters is 1. The number of carbonyl (C=O) groups is 1. The summed E-state index contributed by atoms with van der Waals surface area (Å²) in [6, 6.07) is 2.40. The molecule has 1 atom stereocenters. The van der Waals surface area contributed by atoms with Gasteiger partial charge in [0.05, 0.1) is 23.6 Å². The fourth-order valence-corrected chi connectivity index (χ4v) is 5.77. The zero-order chi connectivity index (χ0) is 23.3. The van der Waals surface area contributed by atoms with Gasteiger partial charge in [0.15, 0.2) is 5.82 Å². The van der Waals surface area contributed by atoms with Crippen LogP contribution in [-0.4, -0.2) is 17.1 Å². The summed E-state index contributed by atoms with van der Waals surface area (Å²) in [5, 5.41) is 3.41. The third kappa shape index (κ3) is 3.59. The van der Waals surface area contributed by atoms with Crippen molar-refractivity contribution in [1.29, 1.82) is 0 Å². The second-order valence-corrected chi connectivity index (χ2v) is 9.37. The van der Waals surface area contributed by atoms with E-state index < -0.39 is 28.4 Å². The molecule has 1 fully saturated rings. The molecule has 1 unspecified atom stereocenters. The zero-order valence-corrected chi connectivity index (χ0v) is 18.6. The maximum absolute atomic E-state index is 15.9. The lowest BCUT2D eigenvalue weighted by Crippen LogP contribution is -2.22. The van der Waals surface area contributed by atoms with Gasteiger partial charge in [-0.1, -0.05) is 5.11 Å². The number of aromatic nitrogens is 1. The first-order valence-corrected chi connectivity index (χ1v) is 11.7. The normalized spacial score (nSPS) is 17.5. The summed E-state index contributed by atoms with van der Waals surface area (Å²) in [5.41, 5.74) is 8.57. The third-order valence-electron chi connectivity index (χ3n) is 6.15. The van der Waals surface area contributed by atoms with Crippen molar-refractivity contribution in [3.63, 3.8) is 0 Å². The van der Waals surface area contributed by atoms with E-state index in [0.717, 1.165) is 42.2 Å². The van der Waals surface area contributed by atoms with Gasteiger partial charge in [-0.15, -0.1) is 11.3 Å². The Bertz CT molecular complexity index is 1400. The maximum Gasteiger partial charge on any atom is 0.343 e. The molecule has 10 heteroatoms. The number of pyridine rings is 1. The first-order chi connectivity index (χ1) is 15.9. The summed E-state index contributed by atoms with van der Waals surface area (Å²) in [4.78, 5) is 29.6. The highest BCUT2D eigenvalue weighted by molar-refractivity contribution is 7.15. The van der Waals surface area contributed by atoms with E-state index >= 15 is 8.78 Å². The van der Waals surface area contributed by atoms with Crippen molar-refractivity contribution in [3.05, 3.63) is 66.6 Å². The number of halogens is 2. The van der Waals surface area contributed by atoms with Crippen molar-refractivity contribution in [2.45, 2.75) is 51.1 Å². The van der Waals surface area contributed by atoms with Gasteiger partial charge in [-0.05, 0) is 62.3 Å². The predicted octanol–water partition coefficient (Wildman–Crippen LogP) is 6.21. The van der Waals surface area contributed by atoms with Crippen LogP contribution in [0.4, 0.5) is 8.78 Å². The van der Waals surface area contributed by atoms with Gasteiger partial charge in [0.25, 0.3) is 0 Å². The number of azide groups is 1.